The van der Waals surface area contributed by atoms with Crippen LogP contribution in [0.1, 0.15) is 71.9 Å². The number of carbonyl (C=O) groups excluding carboxylic acids is 2. The van der Waals surface area contributed by atoms with Crippen LogP contribution in [-0.2, 0) is 29.1 Å². The van der Waals surface area contributed by atoms with Crippen LogP contribution in [0.25, 0.3) is 0 Å². The average Bonchev–Trinajstić information content (AvgIpc) is 2.80. The fourth-order valence-corrected chi connectivity index (χ4v) is 5.68. The number of sulfonamides is 1. The summed E-state index contributed by atoms with van der Waals surface area (Å²) in [7, 11) is -4.10. The first kappa shape index (κ1) is 31.3. The first-order valence-corrected chi connectivity index (χ1v) is 14.7. The quantitative estimate of drug-likeness (QED) is 0.385. The Kier molecular flexibility index (Phi) is 8.86. The van der Waals surface area contributed by atoms with Gasteiger partial charge in [0, 0.05) is 12.3 Å². The summed E-state index contributed by atoms with van der Waals surface area (Å²) < 4.78 is 37.6. The molecule has 2 aromatic carbocycles. The largest absolute Gasteiger partial charge is 0.460 e. The summed E-state index contributed by atoms with van der Waals surface area (Å²) in [5.74, 6) is -4.71. The molecule has 0 heterocycles. The molecule has 1 aliphatic carbocycles. The highest BCUT2D eigenvalue weighted by Crippen LogP contribution is 2.47. The van der Waals surface area contributed by atoms with Crippen molar-refractivity contribution in [2.75, 3.05) is 0 Å². The second-order valence-corrected chi connectivity index (χ2v) is 14.2. The minimum absolute atomic E-state index is 0.00919. The fourth-order valence-electron chi connectivity index (χ4n) is 4.84. The highest BCUT2D eigenvalue weighted by atomic mass is 32.2. The lowest BCUT2D eigenvalue weighted by Gasteiger charge is -2.46. The Labute approximate surface area is 237 Å². The molecule has 2 N–H and O–H groups in total. The number of hydrazone groups is 1. The lowest BCUT2D eigenvalue weighted by atomic mass is 9.61. The predicted octanol–water partition coefficient (Wildman–Crippen LogP) is 4.48. The van der Waals surface area contributed by atoms with Crippen LogP contribution in [0.4, 0.5) is 0 Å². The molecule has 1 fully saturated rings. The maximum Gasteiger partial charge on any atom is 0.315 e. The third-order valence-electron chi connectivity index (χ3n) is 6.43. The van der Waals surface area contributed by atoms with E-state index in [4.69, 9.17) is 9.47 Å². The van der Waals surface area contributed by atoms with Crippen molar-refractivity contribution >= 4 is 27.7 Å². The zero-order valence-electron chi connectivity index (χ0n) is 24.4. The molecule has 4 atom stereocenters. The van der Waals surface area contributed by atoms with Gasteiger partial charge >= 0.3 is 11.9 Å². The molecule has 1 aliphatic rings. The summed E-state index contributed by atoms with van der Waals surface area (Å²) in [6.07, 6.45) is -0.277. The Morgan fingerprint density at radius 3 is 1.98 bits per heavy atom. The zero-order chi connectivity index (χ0) is 30.1. The molecule has 0 saturated heterocycles. The monoisotopic (exact) mass is 572 g/mol. The molecule has 1 saturated carbocycles. The number of nitrogens with zero attached hydrogens (tertiary/aromatic N) is 1. The molecule has 0 unspecified atom stereocenters. The van der Waals surface area contributed by atoms with E-state index in [2.05, 4.69) is 9.93 Å². The maximum atomic E-state index is 13.8. The van der Waals surface area contributed by atoms with Crippen molar-refractivity contribution in [3.05, 3.63) is 65.7 Å². The van der Waals surface area contributed by atoms with Gasteiger partial charge in [0.2, 0.25) is 0 Å². The van der Waals surface area contributed by atoms with Gasteiger partial charge in [0.05, 0.1) is 22.1 Å². The van der Waals surface area contributed by atoms with E-state index in [1.54, 1.807) is 84.0 Å². The van der Waals surface area contributed by atoms with Crippen LogP contribution >= 0.6 is 0 Å². The second kappa shape index (κ2) is 11.3. The number of aryl methyl sites for hydroxylation is 1. The first-order valence-electron chi connectivity index (χ1n) is 13.2. The van der Waals surface area contributed by atoms with Crippen molar-refractivity contribution in [3.63, 3.8) is 0 Å². The summed E-state index contributed by atoms with van der Waals surface area (Å²) in [5.41, 5.74) is -1.97. The molecule has 3 rings (SSSR count). The van der Waals surface area contributed by atoms with Crippen molar-refractivity contribution in [1.29, 1.82) is 0 Å². The first-order chi connectivity index (χ1) is 18.3. The van der Waals surface area contributed by atoms with Crippen molar-refractivity contribution < 1.29 is 32.6 Å². The van der Waals surface area contributed by atoms with Gasteiger partial charge in [0.15, 0.2) is 0 Å². The Morgan fingerprint density at radius 2 is 1.45 bits per heavy atom. The van der Waals surface area contributed by atoms with Gasteiger partial charge in [-0.25, -0.2) is 4.83 Å². The number of esters is 2. The van der Waals surface area contributed by atoms with Gasteiger partial charge in [0.25, 0.3) is 10.0 Å². The molecule has 218 valence electrons. The van der Waals surface area contributed by atoms with Crippen LogP contribution in [0.5, 0.6) is 0 Å². The second-order valence-electron chi connectivity index (χ2n) is 12.5. The van der Waals surface area contributed by atoms with E-state index in [0.717, 1.165) is 5.56 Å². The summed E-state index contributed by atoms with van der Waals surface area (Å²) in [6, 6.07) is 15.0. The van der Waals surface area contributed by atoms with Crippen LogP contribution in [0.3, 0.4) is 0 Å². The topological polar surface area (TPSA) is 131 Å². The normalized spacial score (nSPS) is 24.8. The van der Waals surface area contributed by atoms with E-state index in [1.807, 2.05) is 6.92 Å². The Hall–Kier alpha value is -3.24. The molecule has 2 aromatic rings. The third-order valence-corrected chi connectivity index (χ3v) is 7.66. The van der Waals surface area contributed by atoms with Gasteiger partial charge in [-0.05, 0) is 73.1 Å². The van der Waals surface area contributed by atoms with Gasteiger partial charge in [-0.1, -0.05) is 48.0 Å². The highest BCUT2D eigenvalue weighted by molar-refractivity contribution is 7.89. The summed E-state index contributed by atoms with van der Waals surface area (Å²) in [4.78, 5) is 29.6. The Balaban J connectivity index is 2.19. The number of rotatable bonds is 6. The molecule has 0 bridgehead atoms. The highest BCUT2D eigenvalue weighted by Gasteiger charge is 2.57. The number of aliphatic hydroxyl groups is 1. The minimum atomic E-state index is -4.10. The van der Waals surface area contributed by atoms with Gasteiger partial charge in [-0.3, -0.25) is 9.59 Å². The number of carbonyl (C=O) groups is 2. The molecule has 0 spiro atoms. The van der Waals surface area contributed by atoms with Crippen molar-refractivity contribution in [2.24, 2.45) is 16.9 Å². The van der Waals surface area contributed by atoms with Crippen LogP contribution < -0.4 is 4.83 Å². The van der Waals surface area contributed by atoms with Crippen LogP contribution in [0.2, 0.25) is 0 Å². The lowest BCUT2D eigenvalue weighted by molar-refractivity contribution is -0.175. The number of hydrogen-bond donors (Lipinski definition) is 2. The van der Waals surface area contributed by atoms with Crippen molar-refractivity contribution in [3.8, 4) is 0 Å². The molecule has 0 amide bonds. The molecule has 40 heavy (non-hydrogen) atoms. The maximum absolute atomic E-state index is 13.8. The standard InChI is InChI=1S/C30H40N2O7S/c1-19-14-16-21(17-15-19)40(36,37)32-31-22-18-30(8,35)25(27(34)39-29(5,6)7)23(20-12-10-9-11-13-20)24(22)26(33)38-28(2,3)4/h9-17,23-25,32,35H,18H2,1-8H3/b31-22-/t23-,24-,25-,30-/m1/s1. The average molecular weight is 573 g/mol. The molecule has 10 heteroatoms. The smallest absolute Gasteiger partial charge is 0.315 e. The summed E-state index contributed by atoms with van der Waals surface area (Å²) in [6.45, 7) is 13.6. The minimum Gasteiger partial charge on any atom is -0.460 e. The molecule has 0 aromatic heterocycles. The van der Waals surface area contributed by atoms with Crippen molar-refractivity contribution in [2.45, 2.75) is 89.4 Å². The van der Waals surface area contributed by atoms with Gasteiger partial charge < -0.3 is 14.6 Å². The van der Waals surface area contributed by atoms with E-state index in [9.17, 15) is 23.1 Å². The van der Waals surface area contributed by atoms with E-state index in [0.29, 0.717) is 5.56 Å². The van der Waals surface area contributed by atoms with Gasteiger partial charge in [-0.2, -0.15) is 13.5 Å². The summed E-state index contributed by atoms with van der Waals surface area (Å²) in [5, 5.41) is 15.9. The third kappa shape index (κ3) is 7.69. The summed E-state index contributed by atoms with van der Waals surface area (Å²) >= 11 is 0. The van der Waals surface area contributed by atoms with Crippen LogP contribution in [-0.4, -0.2) is 48.0 Å². The number of nitrogens with one attached hydrogen (secondary N) is 1. The molecular formula is C30H40N2O7S. The molecule has 9 nitrogen and oxygen atoms in total. The van der Waals surface area contributed by atoms with Gasteiger partial charge in [0.1, 0.15) is 17.1 Å². The molecular weight excluding hydrogens is 532 g/mol. The predicted molar refractivity (Wildman–Crippen MR) is 152 cm³/mol. The van der Waals surface area contributed by atoms with Crippen molar-refractivity contribution in [1.82, 2.24) is 4.83 Å². The van der Waals surface area contributed by atoms with Crippen LogP contribution in [0, 0.1) is 18.8 Å². The number of ether oxygens (including phenoxy) is 2. The SMILES string of the molecule is Cc1ccc(S(=O)(=O)N/N=C2/C[C@@](C)(O)[C@@H](C(=O)OC(C)(C)C)[C@H](c3ccccc3)[C@@H]2C(=O)OC(C)(C)C)cc1. The van der Waals surface area contributed by atoms with E-state index < -0.39 is 56.5 Å². The molecule has 0 aliphatic heterocycles. The Bertz CT molecular complexity index is 1350. The fraction of sp³-hybridized carbons (Fsp3) is 0.500. The van der Waals surface area contributed by atoms with Gasteiger partial charge in [-0.15, -0.1) is 0 Å². The van der Waals surface area contributed by atoms with E-state index in [-0.39, 0.29) is 17.0 Å². The Morgan fingerprint density at radius 1 is 0.925 bits per heavy atom. The number of hydrogen-bond acceptors (Lipinski definition) is 8. The van der Waals surface area contributed by atoms with Crippen LogP contribution in [0.15, 0.2) is 64.6 Å². The zero-order valence-corrected chi connectivity index (χ0v) is 25.2. The van der Waals surface area contributed by atoms with E-state index in [1.165, 1.54) is 19.1 Å². The molecule has 0 radical (unpaired) electrons. The number of benzene rings is 2. The lowest BCUT2D eigenvalue weighted by Crippen LogP contribution is -2.56. The van der Waals surface area contributed by atoms with E-state index >= 15 is 0 Å².